The fourth-order valence-electron chi connectivity index (χ4n) is 3.74. The minimum Gasteiger partial charge on any atom is -0.478 e. The van der Waals surface area contributed by atoms with Crippen LogP contribution in [-0.2, 0) is 4.79 Å². The number of hydrogen-bond donors (Lipinski definition) is 4. The van der Waals surface area contributed by atoms with Gasteiger partial charge in [0.25, 0.3) is 5.91 Å². The summed E-state index contributed by atoms with van der Waals surface area (Å²) in [6.07, 6.45) is 4.45. The van der Waals surface area contributed by atoms with Gasteiger partial charge in [0.05, 0.1) is 11.1 Å². The second kappa shape index (κ2) is 9.78. The summed E-state index contributed by atoms with van der Waals surface area (Å²) in [5.74, 6) is -1.82. The van der Waals surface area contributed by atoms with E-state index in [1.54, 1.807) is 25.4 Å². The first-order chi connectivity index (χ1) is 17.8. The zero-order valence-corrected chi connectivity index (χ0v) is 20.6. The molecule has 1 aliphatic heterocycles. The van der Waals surface area contributed by atoms with Gasteiger partial charge < -0.3 is 20.2 Å². The Hall–Kier alpha value is -4.65. The van der Waals surface area contributed by atoms with Crippen LogP contribution in [0.4, 0.5) is 16.2 Å². The molecule has 0 fully saturated rings. The fourth-order valence-corrected chi connectivity index (χ4v) is 4.20. The van der Waals surface area contributed by atoms with E-state index in [9.17, 15) is 19.1 Å². The van der Waals surface area contributed by atoms with Gasteiger partial charge in [-0.2, -0.15) is 4.98 Å². The van der Waals surface area contributed by atoms with Gasteiger partial charge in [0, 0.05) is 34.8 Å². The Bertz CT molecular complexity index is 1620. The monoisotopic (exact) mass is 565 g/mol. The first-order valence-corrected chi connectivity index (χ1v) is 11.6. The van der Waals surface area contributed by atoms with Crippen molar-refractivity contribution in [1.29, 1.82) is 0 Å². The predicted molar refractivity (Wildman–Crippen MR) is 135 cm³/mol. The van der Waals surface area contributed by atoms with Crippen LogP contribution in [0.15, 0.2) is 80.1 Å². The lowest BCUT2D eigenvalue weighted by atomic mass is 9.96. The molecule has 1 unspecified atom stereocenters. The molecule has 13 heteroatoms. The van der Waals surface area contributed by atoms with Crippen molar-refractivity contribution in [3.63, 3.8) is 0 Å². The van der Waals surface area contributed by atoms with Crippen molar-refractivity contribution in [2.75, 3.05) is 10.6 Å². The number of aromatic carboxylic acids is 1. The van der Waals surface area contributed by atoms with E-state index in [1.807, 2.05) is 0 Å². The van der Waals surface area contributed by atoms with E-state index in [-0.39, 0.29) is 34.5 Å². The minimum absolute atomic E-state index is 0.0195. The van der Waals surface area contributed by atoms with Gasteiger partial charge >= 0.3 is 12.0 Å². The maximum Gasteiger partial charge on any atom is 0.335 e. The number of pyridine rings is 2. The highest BCUT2D eigenvalue weighted by Gasteiger charge is 2.31. The summed E-state index contributed by atoms with van der Waals surface area (Å²) >= 11 is 3.47. The molecule has 37 heavy (non-hydrogen) atoms. The molecule has 4 aromatic rings. The number of aromatic nitrogens is 3. The number of carbonyl (C=O) groups excluding carboxylic acids is 1. The van der Waals surface area contributed by atoms with Crippen LogP contribution in [0.1, 0.15) is 28.9 Å². The van der Waals surface area contributed by atoms with Gasteiger partial charge in [-0.1, -0.05) is 0 Å². The Balaban J connectivity index is 1.48. The van der Waals surface area contributed by atoms with E-state index in [2.05, 4.69) is 51.8 Å². The number of carbonyl (C=O) groups is 2. The summed E-state index contributed by atoms with van der Waals surface area (Å²) in [5, 5.41) is 17.8. The number of fused-ring (bicyclic) bond motifs is 1. The minimum atomic E-state index is -1.14. The van der Waals surface area contributed by atoms with E-state index >= 15 is 0 Å². The zero-order valence-electron chi connectivity index (χ0n) is 19.0. The molecule has 4 heterocycles. The molecule has 1 aliphatic rings. The highest BCUT2D eigenvalue weighted by molar-refractivity contribution is 9.10. The molecule has 0 saturated heterocycles. The van der Waals surface area contributed by atoms with Crippen molar-refractivity contribution >= 4 is 56.7 Å². The number of carboxylic acids is 1. The first kappa shape index (κ1) is 24.1. The van der Waals surface area contributed by atoms with Crippen LogP contribution in [0.3, 0.4) is 0 Å². The third-order valence-electron chi connectivity index (χ3n) is 5.41. The molecule has 11 nitrogen and oxygen atoms in total. The Morgan fingerprint density at radius 3 is 2.81 bits per heavy atom. The van der Waals surface area contributed by atoms with Crippen molar-refractivity contribution in [3.8, 4) is 0 Å². The molecule has 1 amide bonds. The molecule has 1 aromatic carbocycles. The van der Waals surface area contributed by atoms with Gasteiger partial charge in [-0.3, -0.25) is 15.1 Å². The highest BCUT2D eigenvalue weighted by Crippen LogP contribution is 2.35. The van der Waals surface area contributed by atoms with E-state index in [1.165, 1.54) is 36.5 Å². The molecule has 1 atom stereocenters. The van der Waals surface area contributed by atoms with Crippen LogP contribution >= 0.6 is 15.9 Å². The SMILES string of the molecule is CC1=C(C(=O)Nc2cc(C(=O)O)ccn2)C(c2ccncc2Br)N=C(Nc2nc3ccc(F)cc3o2)N1. The lowest BCUT2D eigenvalue weighted by Crippen LogP contribution is -2.37. The normalized spacial score (nSPS) is 15.2. The third kappa shape index (κ3) is 5.02. The van der Waals surface area contributed by atoms with E-state index in [0.29, 0.717) is 21.2 Å². The predicted octanol–water partition coefficient (Wildman–Crippen LogP) is 4.24. The van der Waals surface area contributed by atoms with E-state index in [0.717, 1.165) is 0 Å². The number of oxazole rings is 1. The second-order valence-corrected chi connectivity index (χ2v) is 8.74. The van der Waals surface area contributed by atoms with Gasteiger partial charge in [0.15, 0.2) is 5.58 Å². The quantitative estimate of drug-likeness (QED) is 0.278. The van der Waals surface area contributed by atoms with Crippen LogP contribution in [0, 0.1) is 5.82 Å². The van der Waals surface area contributed by atoms with Crippen LogP contribution in [0.25, 0.3) is 11.1 Å². The standard InChI is InChI=1S/C24H17BrFN7O4/c1-11-19(21(34)31-18-8-12(22(35)36)4-7-28-18)20(14-5-6-27-10-15(14)25)32-23(29-11)33-24-30-16-3-2-13(26)9-17(16)37-24/h2-10,20H,1H3,(H,35,36)(H,28,31,34)(H2,29,30,32,33). The molecule has 0 aliphatic carbocycles. The number of nitrogens with one attached hydrogen (secondary N) is 3. The van der Waals surface area contributed by atoms with Gasteiger partial charge in [-0.15, -0.1) is 0 Å². The van der Waals surface area contributed by atoms with Crippen LogP contribution in [-0.4, -0.2) is 37.9 Å². The number of benzene rings is 1. The number of hydrogen-bond acceptors (Lipinski definition) is 9. The number of guanidine groups is 1. The Kier molecular flexibility index (Phi) is 6.36. The Morgan fingerprint density at radius 2 is 2.03 bits per heavy atom. The van der Waals surface area contributed by atoms with E-state index < -0.39 is 23.7 Å². The maximum atomic E-state index is 13.5. The smallest absolute Gasteiger partial charge is 0.335 e. The zero-order chi connectivity index (χ0) is 26.1. The number of aliphatic imine (C=N–C) groups is 1. The molecular formula is C24H17BrFN7O4. The third-order valence-corrected chi connectivity index (χ3v) is 6.07. The molecule has 5 rings (SSSR count). The van der Waals surface area contributed by atoms with Gasteiger partial charge in [-0.25, -0.2) is 19.2 Å². The van der Waals surface area contributed by atoms with Crippen LogP contribution < -0.4 is 16.0 Å². The molecule has 4 N–H and O–H groups in total. The number of carboxylic acid groups (broad SMARTS) is 1. The summed E-state index contributed by atoms with van der Waals surface area (Å²) in [4.78, 5) is 41.8. The molecule has 3 aromatic heterocycles. The number of amides is 1. The Labute approximate surface area is 216 Å². The van der Waals surface area contributed by atoms with Gasteiger partial charge in [-0.05, 0) is 58.7 Å². The van der Waals surface area contributed by atoms with Crippen LogP contribution in [0.2, 0.25) is 0 Å². The average Bonchev–Trinajstić information content (AvgIpc) is 3.25. The number of nitrogens with zero attached hydrogens (tertiary/aromatic N) is 4. The van der Waals surface area contributed by atoms with Crippen LogP contribution in [0.5, 0.6) is 0 Å². The summed E-state index contributed by atoms with van der Waals surface area (Å²) in [5.41, 5.74) is 2.06. The summed E-state index contributed by atoms with van der Waals surface area (Å²) in [7, 11) is 0. The van der Waals surface area contributed by atoms with Crippen molar-refractivity contribution in [1.82, 2.24) is 20.3 Å². The van der Waals surface area contributed by atoms with Crippen molar-refractivity contribution in [2.24, 2.45) is 4.99 Å². The first-order valence-electron chi connectivity index (χ1n) is 10.8. The molecule has 0 radical (unpaired) electrons. The second-order valence-electron chi connectivity index (χ2n) is 7.89. The lowest BCUT2D eigenvalue weighted by molar-refractivity contribution is -0.113. The molecule has 0 spiro atoms. The van der Waals surface area contributed by atoms with E-state index in [4.69, 9.17) is 4.42 Å². The molecule has 0 saturated carbocycles. The highest BCUT2D eigenvalue weighted by atomic mass is 79.9. The largest absolute Gasteiger partial charge is 0.478 e. The topological polar surface area (TPSA) is 155 Å². The lowest BCUT2D eigenvalue weighted by Gasteiger charge is -2.26. The van der Waals surface area contributed by atoms with Gasteiger partial charge in [0.1, 0.15) is 23.2 Å². The summed E-state index contributed by atoms with van der Waals surface area (Å²) in [6.45, 7) is 1.69. The fraction of sp³-hybridized carbons (Fsp3) is 0.0833. The average molecular weight is 566 g/mol. The number of rotatable bonds is 5. The maximum absolute atomic E-state index is 13.5. The number of allylic oxidation sites excluding steroid dienone is 1. The summed E-state index contributed by atoms with van der Waals surface area (Å²) in [6, 6.07) is 7.57. The van der Waals surface area contributed by atoms with Gasteiger partial charge in [0.2, 0.25) is 5.96 Å². The number of anilines is 2. The molecular weight excluding hydrogens is 549 g/mol. The molecule has 0 bridgehead atoms. The number of halogens is 2. The molecule has 186 valence electrons. The van der Waals surface area contributed by atoms with Crippen molar-refractivity contribution in [2.45, 2.75) is 13.0 Å². The van der Waals surface area contributed by atoms with Crippen molar-refractivity contribution in [3.05, 3.63) is 87.7 Å². The van der Waals surface area contributed by atoms with Crippen molar-refractivity contribution < 1.29 is 23.5 Å². The Morgan fingerprint density at radius 1 is 1.19 bits per heavy atom. The summed E-state index contributed by atoms with van der Waals surface area (Å²) < 4.78 is 19.7.